The van der Waals surface area contributed by atoms with Crippen molar-refractivity contribution in [2.24, 2.45) is 0 Å². The van der Waals surface area contributed by atoms with E-state index in [1.165, 1.54) is 24.3 Å². The number of nitro benzene ring substituents is 1. The van der Waals surface area contributed by atoms with E-state index in [4.69, 9.17) is 4.74 Å². The maximum Gasteiger partial charge on any atom is 0.421 e. The van der Waals surface area contributed by atoms with Gasteiger partial charge in [0.1, 0.15) is 22.7 Å². The van der Waals surface area contributed by atoms with Gasteiger partial charge in [0.05, 0.1) is 4.92 Å². The summed E-state index contributed by atoms with van der Waals surface area (Å²) in [4.78, 5) is 17.9. The van der Waals surface area contributed by atoms with Crippen molar-refractivity contribution >= 4 is 28.8 Å². The quantitative estimate of drug-likeness (QED) is 0.349. The summed E-state index contributed by atoms with van der Waals surface area (Å²) < 4.78 is 46.1. The van der Waals surface area contributed by atoms with Crippen molar-refractivity contribution in [2.75, 3.05) is 10.6 Å². The Morgan fingerprint density at radius 2 is 1.50 bits per heavy atom. The van der Waals surface area contributed by atoms with Crippen LogP contribution in [0, 0.1) is 10.1 Å². The zero-order valence-corrected chi connectivity index (χ0v) is 17.4. The summed E-state index contributed by atoms with van der Waals surface area (Å²) in [5.41, 5.74) is -0.822. The Kier molecular flexibility index (Phi) is 6.19. The van der Waals surface area contributed by atoms with Crippen molar-refractivity contribution in [1.82, 2.24) is 9.97 Å². The highest BCUT2D eigenvalue weighted by molar-refractivity contribution is 5.63. The third-order valence-electron chi connectivity index (χ3n) is 3.97. The van der Waals surface area contributed by atoms with Gasteiger partial charge in [-0.05, 0) is 57.2 Å². The Labute approximate surface area is 181 Å². The van der Waals surface area contributed by atoms with E-state index in [0.29, 0.717) is 23.3 Å². The Morgan fingerprint density at radius 1 is 0.938 bits per heavy atom. The van der Waals surface area contributed by atoms with Crippen LogP contribution in [0.5, 0.6) is 5.75 Å². The molecule has 1 heterocycles. The summed E-state index contributed by atoms with van der Waals surface area (Å²) in [7, 11) is 0. The number of nitrogens with zero attached hydrogens (tertiary/aromatic N) is 3. The van der Waals surface area contributed by atoms with Crippen molar-refractivity contribution in [1.29, 1.82) is 0 Å². The summed E-state index contributed by atoms with van der Waals surface area (Å²) in [5.74, 6) is 0.0192. The molecule has 0 aliphatic rings. The van der Waals surface area contributed by atoms with Crippen molar-refractivity contribution < 1.29 is 22.8 Å². The minimum absolute atomic E-state index is 0.109. The molecule has 0 bridgehead atoms. The Morgan fingerprint density at radius 3 is 2.03 bits per heavy atom. The molecule has 0 amide bonds. The fourth-order valence-corrected chi connectivity index (χ4v) is 2.64. The van der Waals surface area contributed by atoms with Gasteiger partial charge in [0.15, 0.2) is 0 Å². The molecular formula is C21H20F3N5O3. The second-order valence-electron chi connectivity index (χ2n) is 7.75. The van der Waals surface area contributed by atoms with Crippen LogP contribution >= 0.6 is 0 Å². The molecule has 8 nitrogen and oxygen atoms in total. The third kappa shape index (κ3) is 6.06. The maximum absolute atomic E-state index is 13.5. The highest BCUT2D eigenvalue weighted by Crippen LogP contribution is 2.35. The number of anilines is 4. The van der Waals surface area contributed by atoms with Crippen molar-refractivity contribution in [3.8, 4) is 5.75 Å². The first-order chi connectivity index (χ1) is 14.9. The molecule has 32 heavy (non-hydrogen) atoms. The summed E-state index contributed by atoms with van der Waals surface area (Å²) >= 11 is 0. The minimum atomic E-state index is -4.68. The predicted octanol–water partition coefficient (Wildman–Crippen LogP) is 6.07. The molecule has 0 fully saturated rings. The predicted molar refractivity (Wildman–Crippen MR) is 114 cm³/mol. The molecule has 0 aliphatic carbocycles. The average Bonchev–Trinajstić information content (AvgIpc) is 2.68. The minimum Gasteiger partial charge on any atom is -0.488 e. The van der Waals surface area contributed by atoms with Gasteiger partial charge in [-0.3, -0.25) is 10.1 Å². The van der Waals surface area contributed by atoms with E-state index in [0.717, 1.165) is 0 Å². The fourth-order valence-electron chi connectivity index (χ4n) is 2.64. The first kappa shape index (κ1) is 22.8. The third-order valence-corrected chi connectivity index (χ3v) is 3.97. The maximum atomic E-state index is 13.5. The second kappa shape index (κ2) is 8.69. The Balaban J connectivity index is 1.85. The lowest BCUT2D eigenvalue weighted by atomic mass is 10.2. The standard InChI is InChI=1S/C21H20F3N5O3/c1-20(2,3)32-16-10-6-13(7-11-16)26-18-17(21(22,23)24)12-25-19(28-18)27-14-4-8-15(9-5-14)29(30)31/h4-12H,1-3H3,(H2,25,26,27,28). The number of hydrogen-bond donors (Lipinski definition) is 2. The van der Waals surface area contributed by atoms with Gasteiger partial charge in [-0.2, -0.15) is 18.2 Å². The van der Waals surface area contributed by atoms with Crippen LogP contribution in [0.15, 0.2) is 54.7 Å². The number of hydrogen-bond acceptors (Lipinski definition) is 7. The van der Waals surface area contributed by atoms with Crippen LogP contribution in [0.2, 0.25) is 0 Å². The summed E-state index contributed by atoms with van der Waals surface area (Å²) in [6.07, 6.45) is -4.01. The molecule has 3 rings (SSSR count). The average molecular weight is 447 g/mol. The molecule has 168 valence electrons. The van der Waals surface area contributed by atoms with E-state index >= 15 is 0 Å². The lowest BCUT2D eigenvalue weighted by Gasteiger charge is -2.21. The van der Waals surface area contributed by atoms with Gasteiger partial charge >= 0.3 is 6.18 Å². The summed E-state index contributed by atoms with van der Waals surface area (Å²) in [5, 5.41) is 16.1. The van der Waals surface area contributed by atoms with Gasteiger partial charge in [0.25, 0.3) is 5.69 Å². The molecule has 11 heteroatoms. The van der Waals surface area contributed by atoms with Crippen LogP contribution < -0.4 is 15.4 Å². The van der Waals surface area contributed by atoms with Crippen LogP contribution in [0.3, 0.4) is 0 Å². The highest BCUT2D eigenvalue weighted by Gasteiger charge is 2.35. The molecule has 0 aliphatic heterocycles. The number of nitrogens with one attached hydrogen (secondary N) is 2. The lowest BCUT2D eigenvalue weighted by Crippen LogP contribution is -2.22. The van der Waals surface area contributed by atoms with E-state index in [1.807, 2.05) is 20.8 Å². The number of alkyl halides is 3. The molecule has 0 saturated heterocycles. The number of benzene rings is 2. The van der Waals surface area contributed by atoms with E-state index in [1.54, 1.807) is 24.3 Å². The summed E-state index contributed by atoms with van der Waals surface area (Å²) in [6.45, 7) is 5.65. The number of halogens is 3. The molecule has 0 radical (unpaired) electrons. The van der Waals surface area contributed by atoms with Crippen molar-refractivity contribution in [3.63, 3.8) is 0 Å². The molecule has 0 atom stereocenters. The van der Waals surface area contributed by atoms with Gasteiger partial charge in [-0.1, -0.05) is 0 Å². The normalized spacial score (nSPS) is 11.7. The molecular weight excluding hydrogens is 427 g/mol. The van der Waals surface area contributed by atoms with E-state index in [9.17, 15) is 23.3 Å². The van der Waals surface area contributed by atoms with Gasteiger partial charge in [-0.25, -0.2) is 4.98 Å². The highest BCUT2D eigenvalue weighted by atomic mass is 19.4. The van der Waals surface area contributed by atoms with Gasteiger partial charge in [0.2, 0.25) is 5.95 Å². The lowest BCUT2D eigenvalue weighted by molar-refractivity contribution is -0.384. The van der Waals surface area contributed by atoms with Crippen LogP contribution in [0.1, 0.15) is 26.3 Å². The zero-order chi connectivity index (χ0) is 23.5. The second-order valence-corrected chi connectivity index (χ2v) is 7.75. The molecule has 2 N–H and O–H groups in total. The number of rotatable bonds is 6. The molecule has 0 unspecified atom stereocenters. The monoisotopic (exact) mass is 447 g/mol. The first-order valence-corrected chi connectivity index (χ1v) is 9.42. The van der Waals surface area contributed by atoms with Crippen LogP contribution in [0.4, 0.5) is 42.0 Å². The Bertz CT molecular complexity index is 1100. The smallest absolute Gasteiger partial charge is 0.421 e. The van der Waals surface area contributed by atoms with Gasteiger partial charge in [-0.15, -0.1) is 0 Å². The molecule has 0 saturated carbocycles. The van der Waals surface area contributed by atoms with Crippen LogP contribution in [-0.4, -0.2) is 20.5 Å². The number of aromatic nitrogens is 2. The summed E-state index contributed by atoms with van der Waals surface area (Å²) in [6, 6.07) is 11.7. The van der Waals surface area contributed by atoms with E-state index < -0.39 is 28.1 Å². The number of ether oxygens (including phenoxy) is 1. The van der Waals surface area contributed by atoms with E-state index in [2.05, 4.69) is 20.6 Å². The number of nitro groups is 1. The SMILES string of the molecule is CC(C)(C)Oc1ccc(Nc2nc(Nc3ccc([N+](=O)[O-])cc3)ncc2C(F)(F)F)cc1. The number of non-ortho nitro benzene ring substituents is 1. The van der Waals surface area contributed by atoms with Crippen molar-refractivity contribution in [3.05, 3.63) is 70.4 Å². The molecule has 1 aromatic heterocycles. The van der Waals surface area contributed by atoms with Crippen molar-refractivity contribution in [2.45, 2.75) is 32.5 Å². The fraction of sp³-hybridized carbons (Fsp3) is 0.238. The van der Waals surface area contributed by atoms with Crippen LogP contribution in [-0.2, 0) is 6.18 Å². The van der Waals surface area contributed by atoms with Crippen LogP contribution in [0.25, 0.3) is 0 Å². The largest absolute Gasteiger partial charge is 0.488 e. The topological polar surface area (TPSA) is 102 Å². The molecule has 2 aromatic carbocycles. The molecule has 0 spiro atoms. The zero-order valence-electron chi connectivity index (χ0n) is 17.4. The van der Waals surface area contributed by atoms with Gasteiger partial charge in [0, 0.05) is 29.7 Å². The molecule has 3 aromatic rings. The van der Waals surface area contributed by atoms with E-state index in [-0.39, 0.29) is 11.6 Å². The first-order valence-electron chi connectivity index (χ1n) is 9.42. The van der Waals surface area contributed by atoms with Gasteiger partial charge < -0.3 is 15.4 Å². The Hall–Kier alpha value is -3.89.